The van der Waals surface area contributed by atoms with Gasteiger partial charge in [-0.3, -0.25) is 9.59 Å². The third-order valence-corrected chi connectivity index (χ3v) is 3.69. The van der Waals surface area contributed by atoms with Gasteiger partial charge in [0.25, 0.3) is 11.7 Å². The van der Waals surface area contributed by atoms with E-state index in [0.717, 1.165) is 42.5 Å². The summed E-state index contributed by atoms with van der Waals surface area (Å²) in [5.74, 6) is -0.740. The largest absolute Gasteiger partial charge is 0.304 e. The number of aryl methyl sites for hydroxylation is 2. The Morgan fingerprint density at radius 1 is 1.15 bits per heavy atom. The van der Waals surface area contributed by atoms with E-state index < -0.39 is 0 Å². The molecule has 0 saturated heterocycles. The highest BCUT2D eigenvalue weighted by Gasteiger charge is 2.36. The molecule has 1 amide bonds. The van der Waals surface area contributed by atoms with Crippen molar-refractivity contribution in [3.8, 4) is 0 Å². The molecule has 3 nitrogen and oxygen atoms in total. The molecule has 0 saturated carbocycles. The SMILES string of the molecule is C=CCCCCCN1C(=O)C(=O)c2cc(C)cc(C)c21. The summed E-state index contributed by atoms with van der Waals surface area (Å²) in [5, 5.41) is 0. The van der Waals surface area contributed by atoms with Crippen LogP contribution in [0.15, 0.2) is 24.8 Å². The van der Waals surface area contributed by atoms with Crippen LogP contribution in [0.5, 0.6) is 0 Å². The van der Waals surface area contributed by atoms with Crippen molar-refractivity contribution < 1.29 is 9.59 Å². The zero-order valence-corrected chi connectivity index (χ0v) is 12.2. The maximum atomic E-state index is 12.1. The number of carbonyl (C=O) groups excluding carboxylic acids is 2. The number of unbranched alkanes of at least 4 members (excludes halogenated alkanes) is 3. The first kappa shape index (κ1) is 14.5. The van der Waals surface area contributed by atoms with E-state index in [2.05, 4.69) is 6.58 Å². The van der Waals surface area contributed by atoms with E-state index in [-0.39, 0.29) is 11.7 Å². The number of amides is 1. The monoisotopic (exact) mass is 271 g/mol. The van der Waals surface area contributed by atoms with Gasteiger partial charge in [0.1, 0.15) is 0 Å². The molecule has 1 aromatic carbocycles. The smallest absolute Gasteiger partial charge is 0.299 e. The van der Waals surface area contributed by atoms with Gasteiger partial charge in [-0.2, -0.15) is 0 Å². The predicted molar refractivity (Wildman–Crippen MR) is 81.3 cm³/mol. The van der Waals surface area contributed by atoms with Gasteiger partial charge in [0, 0.05) is 6.54 Å². The second kappa shape index (κ2) is 6.04. The van der Waals surface area contributed by atoms with Gasteiger partial charge in [0.2, 0.25) is 0 Å². The van der Waals surface area contributed by atoms with Crippen molar-refractivity contribution in [2.75, 3.05) is 11.4 Å². The normalized spacial score (nSPS) is 13.8. The Morgan fingerprint density at radius 2 is 1.90 bits per heavy atom. The number of ketones is 1. The maximum absolute atomic E-state index is 12.1. The van der Waals surface area contributed by atoms with Crippen molar-refractivity contribution in [3.63, 3.8) is 0 Å². The van der Waals surface area contributed by atoms with Gasteiger partial charge in [-0.05, 0) is 50.3 Å². The number of benzene rings is 1. The number of allylic oxidation sites excluding steroid dienone is 1. The molecule has 106 valence electrons. The lowest BCUT2D eigenvalue weighted by atomic mass is 10.0. The minimum atomic E-state index is -0.377. The molecule has 1 aromatic rings. The van der Waals surface area contributed by atoms with Gasteiger partial charge in [0.05, 0.1) is 11.3 Å². The summed E-state index contributed by atoms with van der Waals surface area (Å²) < 4.78 is 0. The van der Waals surface area contributed by atoms with Gasteiger partial charge >= 0.3 is 0 Å². The quantitative estimate of drug-likeness (QED) is 0.450. The van der Waals surface area contributed by atoms with E-state index in [1.165, 1.54) is 0 Å². The fraction of sp³-hybridized carbons (Fsp3) is 0.412. The summed E-state index contributed by atoms with van der Waals surface area (Å²) in [4.78, 5) is 25.8. The van der Waals surface area contributed by atoms with Gasteiger partial charge < -0.3 is 4.90 Å². The molecule has 0 aliphatic carbocycles. The molecule has 0 unspecified atom stereocenters. The maximum Gasteiger partial charge on any atom is 0.299 e. The molecule has 0 aromatic heterocycles. The highest BCUT2D eigenvalue weighted by Crippen LogP contribution is 2.33. The summed E-state index contributed by atoms with van der Waals surface area (Å²) in [5.41, 5.74) is 3.41. The Hall–Kier alpha value is -1.90. The molecular formula is C17H21NO2. The average molecular weight is 271 g/mol. The van der Waals surface area contributed by atoms with E-state index in [1.54, 1.807) is 4.90 Å². The van der Waals surface area contributed by atoms with E-state index in [0.29, 0.717) is 12.1 Å². The van der Waals surface area contributed by atoms with Crippen molar-refractivity contribution in [1.29, 1.82) is 0 Å². The number of rotatable bonds is 6. The lowest BCUT2D eigenvalue weighted by molar-refractivity contribution is -0.114. The second-order valence-corrected chi connectivity index (χ2v) is 5.40. The van der Waals surface area contributed by atoms with Crippen molar-refractivity contribution in [2.45, 2.75) is 39.5 Å². The van der Waals surface area contributed by atoms with Crippen molar-refractivity contribution in [2.24, 2.45) is 0 Å². The van der Waals surface area contributed by atoms with Crippen LogP contribution in [-0.4, -0.2) is 18.2 Å². The minimum Gasteiger partial charge on any atom is -0.304 e. The van der Waals surface area contributed by atoms with Crippen LogP contribution in [0.3, 0.4) is 0 Å². The first-order valence-corrected chi connectivity index (χ1v) is 7.14. The molecule has 1 aliphatic heterocycles. The number of nitrogens with zero attached hydrogens (tertiary/aromatic N) is 1. The summed E-state index contributed by atoms with van der Waals surface area (Å²) in [6, 6.07) is 3.84. The van der Waals surface area contributed by atoms with Gasteiger partial charge in [-0.25, -0.2) is 0 Å². The topological polar surface area (TPSA) is 37.4 Å². The molecule has 2 rings (SSSR count). The predicted octanol–water partition coefficient (Wildman–Crippen LogP) is 3.58. The summed E-state index contributed by atoms with van der Waals surface area (Å²) in [6.45, 7) is 8.23. The minimum absolute atomic E-state index is 0.363. The first-order valence-electron chi connectivity index (χ1n) is 7.14. The zero-order chi connectivity index (χ0) is 14.7. The number of hydrogen-bond acceptors (Lipinski definition) is 2. The molecule has 1 heterocycles. The third-order valence-electron chi connectivity index (χ3n) is 3.69. The number of anilines is 1. The average Bonchev–Trinajstić information content (AvgIpc) is 2.64. The van der Waals surface area contributed by atoms with Crippen LogP contribution >= 0.6 is 0 Å². The van der Waals surface area contributed by atoms with Crippen LogP contribution in [0.25, 0.3) is 0 Å². The van der Waals surface area contributed by atoms with Gasteiger partial charge in [0.15, 0.2) is 0 Å². The molecule has 0 spiro atoms. The molecule has 0 atom stereocenters. The fourth-order valence-corrected chi connectivity index (χ4v) is 2.78. The van der Waals surface area contributed by atoms with Crippen LogP contribution in [0.4, 0.5) is 5.69 Å². The van der Waals surface area contributed by atoms with E-state index in [1.807, 2.05) is 32.1 Å². The standard InChI is InChI=1S/C17H21NO2/c1-4-5-6-7-8-9-18-15-13(3)10-12(2)11-14(15)16(19)17(18)20/h4,10-11H,1,5-9H2,2-3H3. The summed E-state index contributed by atoms with van der Waals surface area (Å²) in [7, 11) is 0. The second-order valence-electron chi connectivity index (χ2n) is 5.40. The highest BCUT2D eigenvalue weighted by atomic mass is 16.2. The van der Waals surface area contributed by atoms with Crippen molar-refractivity contribution >= 4 is 17.4 Å². The fourth-order valence-electron chi connectivity index (χ4n) is 2.78. The number of hydrogen-bond donors (Lipinski definition) is 0. The number of carbonyl (C=O) groups is 2. The first-order chi connectivity index (χ1) is 9.56. The molecule has 0 fully saturated rings. The third kappa shape index (κ3) is 2.67. The summed E-state index contributed by atoms with van der Waals surface area (Å²) >= 11 is 0. The molecule has 3 heteroatoms. The Labute approximate surface area is 120 Å². The van der Waals surface area contributed by atoms with E-state index >= 15 is 0 Å². The van der Waals surface area contributed by atoms with Crippen molar-refractivity contribution in [1.82, 2.24) is 0 Å². The molecule has 1 aliphatic rings. The Bertz CT molecular complexity index is 560. The Morgan fingerprint density at radius 3 is 2.60 bits per heavy atom. The molecule has 20 heavy (non-hydrogen) atoms. The number of fused-ring (bicyclic) bond motifs is 1. The van der Waals surface area contributed by atoms with Crippen LogP contribution < -0.4 is 4.90 Å². The van der Waals surface area contributed by atoms with Crippen LogP contribution in [0, 0.1) is 13.8 Å². The molecule has 0 N–H and O–H groups in total. The zero-order valence-electron chi connectivity index (χ0n) is 12.2. The Balaban J connectivity index is 2.14. The van der Waals surface area contributed by atoms with Crippen LogP contribution in [-0.2, 0) is 4.79 Å². The molecule has 0 bridgehead atoms. The van der Waals surface area contributed by atoms with Gasteiger partial charge in [-0.1, -0.05) is 18.6 Å². The lowest BCUT2D eigenvalue weighted by Gasteiger charge is -2.18. The lowest BCUT2D eigenvalue weighted by Crippen LogP contribution is -2.31. The Kier molecular flexibility index (Phi) is 4.38. The van der Waals surface area contributed by atoms with Crippen molar-refractivity contribution in [3.05, 3.63) is 41.5 Å². The number of Topliss-reactive ketones (excluding diaryl/α,β-unsaturated/α-hetero) is 1. The molecular weight excluding hydrogens is 250 g/mol. The van der Waals surface area contributed by atoms with Gasteiger partial charge in [-0.15, -0.1) is 6.58 Å². The van der Waals surface area contributed by atoms with Crippen LogP contribution in [0.2, 0.25) is 0 Å². The molecule has 0 radical (unpaired) electrons. The van der Waals surface area contributed by atoms with Crippen LogP contribution in [0.1, 0.15) is 47.2 Å². The highest BCUT2D eigenvalue weighted by molar-refractivity contribution is 6.52. The van der Waals surface area contributed by atoms with E-state index in [9.17, 15) is 9.59 Å². The van der Waals surface area contributed by atoms with E-state index in [4.69, 9.17) is 0 Å². The summed E-state index contributed by atoms with van der Waals surface area (Å²) in [6.07, 6.45) is 5.96.